The fraction of sp³-hybridized carbons (Fsp3) is 0.826. The van der Waals surface area contributed by atoms with Gasteiger partial charge in [0.25, 0.3) is 0 Å². The number of aromatic nitrogens is 1. The summed E-state index contributed by atoms with van der Waals surface area (Å²) in [6, 6.07) is -0.340. The molecule has 1 aromatic heterocycles. The number of hydrogen-bond donors (Lipinski definition) is 5. The lowest BCUT2D eigenvalue weighted by Crippen LogP contribution is -2.58. The summed E-state index contributed by atoms with van der Waals surface area (Å²) in [4.78, 5) is 18.7. The van der Waals surface area contributed by atoms with E-state index in [2.05, 4.69) is 21.9 Å². The molecule has 11 heteroatoms. The maximum atomic E-state index is 13.2. The molecule has 2 aliphatic carbocycles. The minimum atomic E-state index is -3.51. The van der Waals surface area contributed by atoms with E-state index in [1.165, 1.54) is 11.3 Å². The third kappa shape index (κ3) is 5.43. The molecule has 1 heterocycles. The normalized spacial score (nSPS) is 32.1. The van der Waals surface area contributed by atoms with Crippen LogP contribution in [-0.2, 0) is 21.2 Å². The average molecular weight is 518 g/mol. The highest BCUT2D eigenvalue weighted by atomic mass is 32.2. The summed E-state index contributed by atoms with van der Waals surface area (Å²) in [6.45, 7) is 7.72. The van der Waals surface area contributed by atoms with Crippen LogP contribution in [0.25, 0.3) is 0 Å². The van der Waals surface area contributed by atoms with Gasteiger partial charge in [0.2, 0.25) is 15.9 Å². The number of thiazole rings is 1. The van der Waals surface area contributed by atoms with Crippen molar-refractivity contribution in [1.82, 2.24) is 10.3 Å². The Hall–Kier alpha value is -1.27. The molecule has 194 valence electrons. The second kappa shape index (κ2) is 10.0. The van der Waals surface area contributed by atoms with Gasteiger partial charge in [-0.1, -0.05) is 27.7 Å². The van der Waals surface area contributed by atoms with Crippen LogP contribution in [0.2, 0.25) is 0 Å². The van der Waals surface area contributed by atoms with Crippen molar-refractivity contribution < 1.29 is 28.5 Å². The molecule has 0 aromatic carbocycles. The number of carbonyl (C=O) groups excluding carboxylic acids is 1. The lowest BCUT2D eigenvalue weighted by atomic mass is 9.47. The molecule has 6 unspecified atom stereocenters. The second-order valence-corrected chi connectivity index (χ2v) is 13.8. The lowest BCUT2D eigenvalue weighted by Gasteiger charge is -2.58. The van der Waals surface area contributed by atoms with Gasteiger partial charge < -0.3 is 20.6 Å². The van der Waals surface area contributed by atoms with E-state index in [4.69, 9.17) is 0 Å². The number of hydrogen-bond acceptors (Lipinski definition) is 8. The number of sulfonamides is 1. The van der Waals surface area contributed by atoms with E-state index in [-0.39, 0.29) is 48.6 Å². The number of aliphatic hydroxyl groups is 3. The zero-order valence-corrected chi connectivity index (χ0v) is 22.3. The Morgan fingerprint density at radius 3 is 2.53 bits per heavy atom. The van der Waals surface area contributed by atoms with Crippen LogP contribution in [0.1, 0.15) is 69.9 Å². The summed E-state index contributed by atoms with van der Waals surface area (Å²) in [5.41, 5.74) is -0.463. The Labute approximate surface area is 206 Å². The summed E-state index contributed by atoms with van der Waals surface area (Å²) < 4.78 is 26.1. The number of rotatable bonds is 9. The largest absolute Gasteiger partial charge is 0.396 e. The Balaban J connectivity index is 2.00. The first-order valence-electron chi connectivity index (χ1n) is 11.9. The van der Waals surface area contributed by atoms with Crippen molar-refractivity contribution in [3.63, 3.8) is 0 Å². The zero-order chi connectivity index (χ0) is 25.5. The van der Waals surface area contributed by atoms with Gasteiger partial charge in [-0.25, -0.2) is 13.4 Å². The second-order valence-electron chi connectivity index (χ2n) is 11.0. The highest BCUT2D eigenvalue weighted by Gasteiger charge is 2.59. The number of nitrogens with zero attached hydrogens (tertiary/aromatic N) is 1. The van der Waals surface area contributed by atoms with Gasteiger partial charge in [0.1, 0.15) is 0 Å². The highest BCUT2D eigenvalue weighted by molar-refractivity contribution is 7.92. The number of amides is 1. The van der Waals surface area contributed by atoms with Gasteiger partial charge in [0, 0.05) is 22.6 Å². The molecular weight excluding hydrogens is 478 g/mol. The molecule has 1 saturated carbocycles. The maximum absolute atomic E-state index is 13.2. The Morgan fingerprint density at radius 1 is 1.29 bits per heavy atom. The minimum Gasteiger partial charge on any atom is -0.396 e. The van der Waals surface area contributed by atoms with E-state index in [9.17, 15) is 28.5 Å². The molecule has 34 heavy (non-hydrogen) atoms. The Morgan fingerprint density at radius 2 is 1.97 bits per heavy atom. The molecular formula is C23H39N3O6S2. The Bertz CT molecular complexity index is 997. The number of aliphatic hydroxyl groups excluding tert-OH is 3. The predicted octanol–water partition coefficient (Wildman–Crippen LogP) is 1.84. The molecule has 9 nitrogen and oxygen atoms in total. The molecule has 0 aliphatic heterocycles. The molecule has 1 fully saturated rings. The van der Waals surface area contributed by atoms with Crippen molar-refractivity contribution in [2.45, 2.75) is 77.9 Å². The lowest BCUT2D eigenvalue weighted by molar-refractivity contribution is -0.144. The van der Waals surface area contributed by atoms with Gasteiger partial charge >= 0.3 is 0 Å². The smallest absolute Gasteiger partial charge is 0.231 e. The molecule has 0 spiro atoms. The van der Waals surface area contributed by atoms with Crippen molar-refractivity contribution in [1.29, 1.82) is 0 Å². The van der Waals surface area contributed by atoms with Crippen LogP contribution < -0.4 is 10.0 Å². The van der Waals surface area contributed by atoms with Crippen molar-refractivity contribution >= 4 is 32.4 Å². The van der Waals surface area contributed by atoms with Gasteiger partial charge in [-0.05, 0) is 42.9 Å². The van der Waals surface area contributed by atoms with Gasteiger partial charge in [-0.3, -0.25) is 9.52 Å². The quantitative estimate of drug-likeness (QED) is 0.336. The third-order valence-corrected chi connectivity index (χ3v) is 9.60. The van der Waals surface area contributed by atoms with Crippen molar-refractivity contribution in [3.05, 3.63) is 10.6 Å². The van der Waals surface area contributed by atoms with E-state index < -0.39 is 27.0 Å². The fourth-order valence-corrected chi connectivity index (χ4v) is 7.97. The molecule has 0 radical (unpaired) electrons. The van der Waals surface area contributed by atoms with Crippen LogP contribution in [0.15, 0.2) is 0 Å². The zero-order valence-electron chi connectivity index (χ0n) is 20.7. The van der Waals surface area contributed by atoms with Crippen LogP contribution >= 0.6 is 11.3 Å². The summed E-state index contributed by atoms with van der Waals surface area (Å²) >= 11 is 1.25. The number of carbonyl (C=O) groups is 1. The number of nitrogens with one attached hydrogen (secondary N) is 2. The fourth-order valence-electron chi connectivity index (χ4n) is 6.07. The van der Waals surface area contributed by atoms with Crippen LogP contribution in [0.5, 0.6) is 0 Å². The monoisotopic (exact) mass is 517 g/mol. The molecule has 5 N–H and O–H groups in total. The van der Waals surface area contributed by atoms with E-state index in [1.54, 1.807) is 0 Å². The van der Waals surface area contributed by atoms with Gasteiger partial charge in [-0.15, -0.1) is 11.3 Å². The number of anilines is 1. The van der Waals surface area contributed by atoms with Crippen LogP contribution in [0, 0.1) is 22.7 Å². The first-order chi connectivity index (χ1) is 15.7. The molecule has 2 aliphatic rings. The first kappa shape index (κ1) is 27.3. The van der Waals surface area contributed by atoms with E-state index >= 15 is 0 Å². The summed E-state index contributed by atoms with van der Waals surface area (Å²) in [5.74, 6) is -0.312. The highest BCUT2D eigenvalue weighted by Crippen LogP contribution is 2.62. The third-order valence-electron chi connectivity index (χ3n) is 7.90. The molecule has 1 amide bonds. The average Bonchev–Trinajstić information content (AvgIpc) is 3.12. The predicted molar refractivity (Wildman–Crippen MR) is 132 cm³/mol. The van der Waals surface area contributed by atoms with Crippen LogP contribution in [-0.4, -0.2) is 66.2 Å². The summed E-state index contributed by atoms with van der Waals surface area (Å²) in [6.07, 6.45) is 2.91. The molecule has 6 atom stereocenters. The van der Waals surface area contributed by atoms with Crippen molar-refractivity contribution in [2.75, 3.05) is 24.2 Å². The van der Waals surface area contributed by atoms with Crippen LogP contribution in [0.4, 0.5) is 5.13 Å². The van der Waals surface area contributed by atoms with Crippen LogP contribution in [0.3, 0.4) is 0 Å². The summed E-state index contributed by atoms with van der Waals surface area (Å²) in [5, 5.41) is 34.1. The van der Waals surface area contributed by atoms with Gasteiger partial charge in [-0.2, -0.15) is 0 Å². The van der Waals surface area contributed by atoms with Crippen molar-refractivity contribution in [3.8, 4) is 0 Å². The maximum Gasteiger partial charge on any atom is 0.231 e. The molecule has 1 aromatic rings. The molecule has 0 bridgehead atoms. The standard InChI is InChI=1S/C23H39N3O6S2/c1-13(2)8-14(11-27)24-19(30)9-15-20-16(33-21(25-20)26-34(5,31)32)10-17-22(15,3)7-6-18(29)23(17,4)12-28/h13-15,17-18,27-29H,6-12H2,1-5H3,(H,24,30)(H,25,26). The molecule has 3 rings (SSSR count). The Kier molecular flexibility index (Phi) is 8.04. The number of fused-ring (bicyclic) bond motifs is 2. The topological polar surface area (TPSA) is 149 Å². The van der Waals surface area contributed by atoms with Gasteiger partial charge in [0.15, 0.2) is 5.13 Å². The summed E-state index contributed by atoms with van der Waals surface area (Å²) in [7, 11) is -3.51. The van der Waals surface area contributed by atoms with Gasteiger partial charge in [0.05, 0.1) is 37.3 Å². The minimum absolute atomic E-state index is 0.116. The van der Waals surface area contributed by atoms with E-state index in [0.717, 1.165) is 11.1 Å². The van der Waals surface area contributed by atoms with E-state index in [0.29, 0.717) is 37.3 Å². The first-order valence-corrected chi connectivity index (χ1v) is 14.6. The van der Waals surface area contributed by atoms with Crippen molar-refractivity contribution in [2.24, 2.45) is 22.7 Å². The van der Waals surface area contributed by atoms with E-state index in [1.807, 2.05) is 20.8 Å². The SMILES string of the molecule is CC(C)CC(CO)NC(=O)CC1c2nc(NS(C)(=O)=O)sc2CC2C(C)(CO)C(O)CCC12C. The molecule has 0 saturated heterocycles.